The van der Waals surface area contributed by atoms with Gasteiger partial charge in [0.1, 0.15) is 15.8 Å². The summed E-state index contributed by atoms with van der Waals surface area (Å²) in [6, 6.07) is 15.8. The molecule has 1 aliphatic heterocycles. The first-order chi connectivity index (χ1) is 13.5. The Morgan fingerprint density at radius 1 is 1.21 bits per heavy atom. The van der Waals surface area contributed by atoms with Gasteiger partial charge in [0.05, 0.1) is 17.7 Å². The molecule has 3 aromatic rings. The van der Waals surface area contributed by atoms with E-state index in [-0.39, 0.29) is 5.91 Å². The third-order valence-electron chi connectivity index (χ3n) is 4.36. The molecule has 1 amide bonds. The molecular weight excluding hydrogens is 390 g/mol. The molecule has 2 heterocycles. The van der Waals surface area contributed by atoms with Crippen LogP contribution in [-0.2, 0) is 4.79 Å². The largest absolute Gasteiger partial charge is 0.496 e. The van der Waals surface area contributed by atoms with Crippen LogP contribution in [0.15, 0.2) is 59.6 Å². The normalized spacial score (nSPS) is 15.1. The van der Waals surface area contributed by atoms with Gasteiger partial charge in [0.25, 0.3) is 5.91 Å². The Labute approximate surface area is 172 Å². The minimum atomic E-state index is -0.181. The first-order valence-corrected chi connectivity index (χ1v) is 9.82. The summed E-state index contributed by atoms with van der Waals surface area (Å²) in [5, 5.41) is 7.44. The number of amides is 1. The lowest BCUT2D eigenvalue weighted by Gasteiger charge is -2.07. The minimum absolute atomic E-state index is 0.181. The van der Waals surface area contributed by atoms with Crippen molar-refractivity contribution in [3.63, 3.8) is 0 Å². The number of hydrogen-bond acceptors (Lipinski definition) is 5. The average Bonchev–Trinajstić information content (AvgIpc) is 3.25. The van der Waals surface area contributed by atoms with E-state index in [1.165, 1.54) is 11.8 Å². The quantitative estimate of drug-likeness (QED) is 0.515. The molecule has 0 unspecified atom stereocenters. The van der Waals surface area contributed by atoms with Crippen LogP contribution in [0.1, 0.15) is 11.1 Å². The van der Waals surface area contributed by atoms with Gasteiger partial charge in [-0.05, 0) is 48.9 Å². The number of methoxy groups -OCH3 is 1. The molecule has 140 valence electrons. The molecule has 1 N–H and O–H groups in total. The molecule has 0 bridgehead atoms. The number of carbonyl (C=O) groups is 1. The van der Waals surface area contributed by atoms with E-state index in [0.717, 1.165) is 33.8 Å². The van der Waals surface area contributed by atoms with Gasteiger partial charge in [-0.15, -0.1) is 0 Å². The maximum absolute atomic E-state index is 12.1. The highest BCUT2D eigenvalue weighted by atomic mass is 32.2. The van der Waals surface area contributed by atoms with Gasteiger partial charge < -0.3 is 10.1 Å². The van der Waals surface area contributed by atoms with Crippen molar-refractivity contribution in [2.75, 3.05) is 7.11 Å². The predicted molar refractivity (Wildman–Crippen MR) is 117 cm³/mol. The van der Waals surface area contributed by atoms with Crippen molar-refractivity contribution in [1.29, 1.82) is 0 Å². The van der Waals surface area contributed by atoms with E-state index in [2.05, 4.69) is 5.32 Å². The van der Waals surface area contributed by atoms with Gasteiger partial charge in [0.15, 0.2) is 0 Å². The number of hydrogen-bond donors (Lipinski definition) is 1. The molecule has 0 aliphatic carbocycles. The monoisotopic (exact) mass is 407 g/mol. The molecule has 1 fully saturated rings. The molecule has 1 aromatic heterocycles. The van der Waals surface area contributed by atoms with Crippen molar-refractivity contribution in [3.8, 4) is 22.7 Å². The van der Waals surface area contributed by atoms with E-state index in [0.29, 0.717) is 9.23 Å². The van der Waals surface area contributed by atoms with Crippen molar-refractivity contribution >= 4 is 40.3 Å². The first kappa shape index (κ1) is 18.5. The van der Waals surface area contributed by atoms with Crippen LogP contribution in [0.5, 0.6) is 5.75 Å². The van der Waals surface area contributed by atoms with Crippen LogP contribution in [0, 0.1) is 6.92 Å². The topological polar surface area (TPSA) is 56.1 Å². The van der Waals surface area contributed by atoms with Crippen LogP contribution in [0.3, 0.4) is 0 Å². The summed E-state index contributed by atoms with van der Waals surface area (Å²) in [6.45, 7) is 1.99. The van der Waals surface area contributed by atoms with Gasteiger partial charge in [0.2, 0.25) is 0 Å². The highest BCUT2D eigenvalue weighted by molar-refractivity contribution is 8.26. The van der Waals surface area contributed by atoms with Gasteiger partial charge in [-0.1, -0.05) is 42.2 Å². The molecular formula is C21H17N3O2S2. The van der Waals surface area contributed by atoms with Crippen molar-refractivity contribution < 1.29 is 9.53 Å². The van der Waals surface area contributed by atoms with Crippen LogP contribution >= 0.6 is 24.0 Å². The van der Waals surface area contributed by atoms with E-state index in [1.54, 1.807) is 7.11 Å². The Morgan fingerprint density at radius 2 is 2.00 bits per heavy atom. The van der Waals surface area contributed by atoms with E-state index in [9.17, 15) is 4.79 Å². The number of nitrogens with one attached hydrogen (secondary N) is 1. The highest BCUT2D eigenvalue weighted by Crippen LogP contribution is 2.32. The first-order valence-electron chi connectivity index (χ1n) is 8.60. The third kappa shape index (κ3) is 3.58. The summed E-state index contributed by atoms with van der Waals surface area (Å²) in [5.41, 5.74) is 4.54. The molecule has 0 saturated carbocycles. The number of nitrogens with zero attached hydrogens (tertiary/aromatic N) is 2. The summed E-state index contributed by atoms with van der Waals surface area (Å²) in [5.74, 6) is 0.640. The lowest BCUT2D eigenvalue weighted by Crippen LogP contribution is -2.17. The number of carbonyl (C=O) groups excluding carboxylic acids is 1. The Morgan fingerprint density at radius 3 is 2.64 bits per heavy atom. The van der Waals surface area contributed by atoms with Crippen molar-refractivity contribution in [3.05, 3.63) is 70.8 Å². The molecule has 28 heavy (non-hydrogen) atoms. The summed E-state index contributed by atoms with van der Waals surface area (Å²) in [7, 11) is 1.65. The molecule has 0 radical (unpaired) electrons. The lowest BCUT2D eigenvalue weighted by molar-refractivity contribution is -0.115. The summed E-state index contributed by atoms with van der Waals surface area (Å²) in [6.07, 6.45) is 3.76. The number of para-hydroxylation sites is 1. The zero-order valence-electron chi connectivity index (χ0n) is 15.3. The van der Waals surface area contributed by atoms with Gasteiger partial charge in [-0.25, -0.2) is 4.68 Å². The van der Waals surface area contributed by atoms with Crippen LogP contribution in [-0.4, -0.2) is 27.1 Å². The lowest BCUT2D eigenvalue weighted by atomic mass is 10.0. The predicted octanol–water partition coefficient (Wildman–Crippen LogP) is 4.35. The average molecular weight is 408 g/mol. The number of benzene rings is 2. The summed E-state index contributed by atoms with van der Waals surface area (Å²) in [4.78, 5) is 12.7. The number of rotatable bonds is 4. The SMILES string of the molecule is COc1ccc(-c2nn(-c3ccccc3)cc2/C=C2\SC(=S)NC2=O)cc1C. The Balaban J connectivity index is 1.85. The van der Waals surface area contributed by atoms with E-state index >= 15 is 0 Å². The zero-order chi connectivity index (χ0) is 19.7. The molecule has 4 rings (SSSR count). The Kier molecular flexibility index (Phi) is 5.02. The van der Waals surface area contributed by atoms with Crippen LogP contribution in [0.2, 0.25) is 0 Å². The zero-order valence-corrected chi connectivity index (χ0v) is 16.9. The van der Waals surface area contributed by atoms with Crippen molar-refractivity contribution in [2.45, 2.75) is 6.92 Å². The van der Waals surface area contributed by atoms with Gasteiger partial charge >= 0.3 is 0 Å². The molecule has 1 aliphatic rings. The van der Waals surface area contributed by atoms with E-state index < -0.39 is 0 Å². The molecule has 7 heteroatoms. The van der Waals surface area contributed by atoms with Crippen LogP contribution in [0.4, 0.5) is 0 Å². The number of ether oxygens (including phenoxy) is 1. The number of thiocarbonyl (C=S) groups is 1. The minimum Gasteiger partial charge on any atom is -0.496 e. The maximum atomic E-state index is 12.1. The van der Waals surface area contributed by atoms with Gasteiger partial charge in [-0.3, -0.25) is 4.79 Å². The van der Waals surface area contributed by atoms with Crippen molar-refractivity contribution in [2.24, 2.45) is 0 Å². The van der Waals surface area contributed by atoms with Gasteiger partial charge in [-0.2, -0.15) is 5.10 Å². The van der Waals surface area contributed by atoms with Crippen LogP contribution in [0.25, 0.3) is 23.0 Å². The maximum Gasteiger partial charge on any atom is 0.263 e. The number of thioether (sulfide) groups is 1. The highest BCUT2D eigenvalue weighted by Gasteiger charge is 2.23. The van der Waals surface area contributed by atoms with Gasteiger partial charge in [0, 0.05) is 17.3 Å². The fourth-order valence-electron chi connectivity index (χ4n) is 3.02. The second-order valence-electron chi connectivity index (χ2n) is 6.25. The Bertz CT molecular complexity index is 1100. The van der Waals surface area contributed by atoms with E-state index in [1.807, 2.05) is 72.4 Å². The number of aromatic nitrogens is 2. The molecule has 2 aromatic carbocycles. The molecule has 1 saturated heterocycles. The summed E-state index contributed by atoms with van der Waals surface area (Å²) >= 11 is 6.36. The summed E-state index contributed by atoms with van der Waals surface area (Å²) < 4.78 is 7.65. The van der Waals surface area contributed by atoms with Crippen LogP contribution < -0.4 is 10.1 Å². The second kappa shape index (κ2) is 7.61. The van der Waals surface area contributed by atoms with E-state index in [4.69, 9.17) is 22.1 Å². The molecule has 5 nitrogen and oxygen atoms in total. The fraction of sp³-hybridized carbons (Fsp3) is 0.0952. The molecule has 0 spiro atoms. The van der Waals surface area contributed by atoms with Crippen molar-refractivity contribution in [1.82, 2.24) is 15.1 Å². The fourth-order valence-corrected chi connectivity index (χ4v) is 4.05. The second-order valence-corrected chi connectivity index (χ2v) is 7.97. The number of aryl methyl sites for hydroxylation is 1. The standard InChI is InChI=1S/C21H17N3O2S2/c1-13-10-14(8-9-17(13)26-2)19-15(11-18-20(25)22-21(27)28-18)12-24(23-19)16-6-4-3-5-7-16/h3-12H,1-2H3,(H,22,25,27)/b18-11-. The smallest absolute Gasteiger partial charge is 0.263 e. The molecule has 0 atom stereocenters. The third-order valence-corrected chi connectivity index (χ3v) is 5.52. The Hall–Kier alpha value is -2.90.